The largest absolute Gasteiger partial charge is 0.382 e. The number of ether oxygens (including phenoxy) is 2. The minimum atomic E-state index is -0.0269. The van der Waals surface area contributed by atoms with Crippen molar-refractivity contribution in [3.8, 4) is 0 Å². The Hall–Kier alpha value is -1.34. The van der Waals surface area contributed by atoms with E-state index in [0.717, 1.165) is 45.0 Å². The second kappa shape index (κ2) is 12.1. The molecule has 23 heavy (non-hydrogen) atoms. The third-order valence-electron chi connectivity index (χ3n) is 3.65. The van der Waals surface area contributed by atoms with E-state index in [0.29, 0.717) is 25.7 Å². The number of guanidine groups is 1. The molecule has 1 fully saturated rings. The first-order valence-corrected chi connectivity index (χ1v) is 8.57. The van der Waals surface area contributed by atoms with E-state index in [1.807, 2.05) is 13.8 Å². The smallest absolute Gasteiger partial charge is 0.241 e. The van der Waals surface area contributed by atoms with Crippen molar-refractivity contribution < 1.29 is 14.3 Å². The molecule has 0 aliphatic carbocycles. The fourth-order valence-corrected chi connectivity index (χ4v) is 2.45. The predicted molar refractivity (Wildman–Crippen MR) is 91.7 cm³/mol. The first kappa shape index (κ1) is 19.7. The third kappa shape index (κ3) is 8.18. The molecule has 1 atom stereocenters. The van der Waals surface area contributed by atoms with Crippen LogP contribution in [0.3, 0.4) is 0 Å². The van der Waals surface area contributed by atoms with E-state index in [4.69, 9.17) is 9.47 Å². The van der Waals surface area contributed by atoms with Gasteiger partial charge in [0.1, 0.15) is 6.54 Å². The molecule has 0 bridgehead atoms. The van der Waals surface area contributed by atoms with Gasteiger partial charge in [0.15, 0.2) is 5.96 Å². The van der Waals surface area contributed by atoms with Crippen LogP contribution in [0.2, 0.25) is 0 Å². The number of rotatable bonds is 10. The van der Waals surface area contributed by atoms with Crippen LogP contribution in [0.25, 0.3) is 0 Å². The number of hydrogen-bond acceptors (Lipinski definition) is 4. The summed E-state index contributed by atoms with van der Waals surface area (Å²) < 4.78 is 10.6. The molecule has 0 aromatic carbocycles. The van der Waals surface area contributed by atoms with E-state index in [9.17, 15) is 4.79 Å². The van der Waals surface area contributed by atoms with Gasteiger partial charge in [-0.15, -0.1) is 0 Å². The maximum Gasteiger partial charge on any atom is 0.241 e. The lowest BCUT2D eigenvalue weighted by Crippen LogP contribution is -2.41. The van der Waals surface area contributed by atoms with E-state index in [1.165, 1.54) is 0 Å². The average Bonchev–Trinajstić information content (AvgIpc) is 3.02. The predicted octanol–water partition coefficient (Wildman–Crippen LogP) is 0.463. The molecule has 1 rings (SSSR count). The molecule has 7 heteroatoms. The molecule has 7 nitrogen and oxygen atoms in total. The zero-order valence-electron chi connectivity index (χ0n) is 14.8. The van der Waals surface area contributed by atoms with Crippen LogP contribution < -0.4 is 10.6 Å². The Bertz CT molecular complexity index is 363. The Morgan fingerprint density at radius 2 is 2.13 bits per heavy atom. The highest BCUT2D eigenvalue weighted by Crippen LogP contribution is 2.16. The number of nitrogens with one attached hydrogen (secondary N) is 2. The number of methoxy groups -OCH3 is 1. The van der Waals surface area contributed by atoms with Gasteiger partial charge < -0.3 is 25.0 Å². The Morgan fingerprint density at radius 1 is 1.30 bits per heavy atom. The topological polar surface area (TPSA) is 75.2 Å². The molecule has 1 heterocycles. The molecule has 0 saturated carbocycles. The van der Waals surface area contributed by atoms with Crippen LogP contribution in [-0.2, 0) is 14.3 Å². The molecule has 2 N–H and O–H groups in total. The normalized spacial score (nSPS) is 18.3. The summed E-state index contributed by atoms with van der Waals surface area (Å²) in [6.07, 6.45) is 2.02. The zero-order chi connectivity index (χ0) is 16.9. The molecular formula is C16H32N4O3. The Kier molecular flexibility index (Phi) is 10.4. The van der Waals surface area contributed by atoms with Gasteiger partial charge in [-0.2, -0.15) is 0 Å². The first-order valence-electron chi connectivity index (χ1n) is 8.57. The highest BCUT2D eigenvalue weighted by atomic mass is 16.5. The minimum absolute atomic E-state index is 0.0269. The van der Waals surface area contributed by atoms with Crippen LogP contribution in [0.15, 0.2) is 4.99 Å². The maximum atomic E-state index is 11.7. The Morgan fingerprint density at radius 3 is 2.83 bits per heavy atom. The Balaban J connectivity index is 2.40. The fourth-order valence-electron chi connectivity index (χ4n) is 2.45. The highest BCUT2D eigenvalue weighted by molar-refractivity contribution is 5.85. The minimum Gasteiger partial charge on any atom is -0.382 e. The Labute approximate surface area is 139 Å². The van der Waals surface area contributed by atoms with E-state index in [-0.39, 0.29) is 12.5 Å². The fraction of sp³-hybridized carbons (Fsp3) is 0.875. The summed E-state index contributed by atoms with van der Waals surface area (Å²) in [6, 6.07) is 0. The summed E-state index contributed by atoms with van der Waals surface area (Å²) in [5.74, 6) is 1.30. The maximum absolute atomic E-state index is 11.7. The second-order valence-electron chi connectivity index (χ2n) is 5.69. The van der Waals surface area contributed by atoms with Crippen molar-refractivity contribution in [2.75, 3.05) is 59.7 Å². The third-order valence-corrected chi connectivity index (χ3v) is 3.65. The van der Waals surface area contributed by atoms with Gasteiger partial charge in [-0.1, -0.05) is 6.92 Å². The monoisotopic (exact) mass is 328 g/mol. The summed E-state index contributed by atoms with van der Waals surface area (Å²) in [5, 5.41) is 6.11. The molecule has 1 unspecified atom stereocenters. The number of likely N-dealkylation sites (tertiary alicyclic amines) is 1. The molecule has 1 aliphatic rings. The highest BCUT2D eigenvalue weighted by Gasteiger charge is 2.25. The van der Waals surface area contributed by atoms with Crippen LogP contribution in [0.4, 0.5) is 0 Å². The summed E-state index contributed by atoms with van der Waals surface area (Å²) >= 11 is 0. The number of carbonyl (C=O) groups is 1. The van der Waals surface area contributed by atoms with Gasteiger partial charge in [-0.3, -0.25) is 4.79 Å². The number of nitrogens with zero attached hydrogens (tertiary/aromatic N) is 2. The second-order valence-corrected chi connectivity index (χ2v) is 5.69. The lowest BCUT2D eigenvalue weighted by atomic mass is 10.1. The van der Waals surface area contributed by atoms with Gasteiger partial charge in [-0.05, 0) is 19.8 Å². The van der Waals surface area contributed by atoms with Crippen LogP contribution in [0.5, 0.6) is 0 Å². The van der Waals surface area contributed by atoms with Gasteiger partial charge in [0, 0.05) is 39.2 Å². The SMILES string of the molecule is CCCNC(=O)CN=C(NCC)N1CCC(COCCOC)C1. The summed E-state index contributed by atoms with van der Waals surface area (Å²) in [6.45, 7) is 9.61. The molecule has 134 valence electrons. The standard InChI is InChI=1S/C16H32N4O3/c1-4-7-18-15(21)11-19-16(17-5-2)20-8-6-14(12-20)13-23-10-9-22-3/h14H,4-13H2,1-3H3,(H,17,19)(H,18,21). The van der Waals surface area contributed by atoms with Crippen molar-refractivity contribution in [2.45, 2.75) is 26.7 Å². The summed E-state index contributed by atoms with van der Waals surface area (Å²) in [4.78, 5) is 18.4. The van der Waals surface area contributed by atoms with Crippen molar-refractivity contribution in [1.82, 2.24) is 15.5 Å². The van der Waals surface area contributed by atoms with Crippen molar-refractivity contribution in [2.24, 2.45) is 10.9 Å². The lowest BCUT2D eigenvalue weighted by molar-refractivity contribution is -0.119. The average molecular weight is 328 g/mol. The zero-order valence-corrected chi connectivity index (χ0v) is 14.8. The molecule has 1 amide bonds. The van der Waals surface area contributed by atoms with Gasteiger partial charge in [0.05, 0.1) is 19.8 Å². The van der Waals surface area contributed by atoms with Gasteiger partial charge >= 0.3 is 0 Å². The number of carbonyl (C=O) groups excluding carboxylic acids is 1. The van der Waals surface area contributed by atoms with Crippen LogP contribution in [0.1, 0.15) is 26.7 Å². The molecule has 1 saturated heterocycles. The van der Waals surface area contributed by atoms with Crippen LogP contribution in [0, 0.1) is 5.92 Å². The lowest BCUT2D eigenvalue weighted by Gasteiger charge is -2.21. The van der Waals surface area contributed by atoms with E-state index in [1.54, 1.807) is 7.11 Å². The van der Waals surface area contributed by atoms with Crippen molar-refractivity contribution in [3.05, 3.63) is 0 Å². The summed E-state index contributed by atoms with van der Waals surface area (Å²) in [7, 11) is 1.68. The molecule has 0 aromatic rings. The van der Waals surface area contributed by atoms with Crippen LogP contribution >= 0.6 is 0 Å². The first-order chi connectivity index (χ1) is 11.2. The van der Waals surface area contributed by atoms with E-state index in [2.05, 4.69) is 20.5 Å². The molecule has 1 aliphatic heterocycles. The molecule has 0 spiro atoms. The van der Waals surface area contributed by atoms with Gasteiger partial charge in [0.2, 0.25) is 5.91 Å². The van der Waals surface area contributed by atoms with Crippen molar-refractivity contribution in [1.29, 1.82) is 0 Å². The molecular weight excluding hydrogens is 296 g/mol. The van der Waals surface area contributed by atoms with Crippen LogP contribution in [-0.4, -0.2) is 76.4 Å². The van der Waals surface area contributed by atoms with Gasteiger partial charge in [-0.25, -0.2) is 4.99 Å². The van der Waals surface area contributed by atoms with Gasteiger partial charge in [0.25, 0.3) is 0 Å². The molecule has 0 radical (unpaired) electrons. The van der Waals surface area contributed by atoms with E-state index >= 15 is 0 Å². The van der Waals surface area contributed by atoms with Crippen molar-refractivity contribution in [3.63, 3.8) is 0 Å². The van der Waals surface area contributed by atoms with Crippen molar-refractivity contribution >= 4 is 11.9 Å². The summed E-state index contributed by atoms with van der Waals surface area (Å²) in [5.41, 5.74) is 0. The van der Waals surface area contributed by atoms with E-state index < -0.39 is 0 Å². The molecule has 0 aromatic heterocycles. The number of amides is 1. The number of hydrogen-bond donors (Lipinski definition) is 2. The quantitative estimate of drug-likeness (QED) is 0.346. The number of aliphatic imine (C=N–C) groups is 1.